The van der Waals surface area contributed by atoms with Crippen molar-refractivity contribution >= 4 is 11.5 Å². The van der Waals surface area contributed by atoms with E-state index >= 15 is 0 Å². The summed E-state index contributed by atoms with van der Waals surface area (Å²) in [5.41, 5.74) is 2.76. The summed E-state index contributed by atoms with van der Waals surface area (Å²) in [5, 5.41) is 2.10. The molecule has 0 atom stereocenters. The summed E-state index contributed by atoms with van der Waals surface area (Å²) >= 11 is 1.54. The van der Waals surface area contributed by atoms with Crippen LogP contribution in [0.5, 0.6) is 0 Å². The van der Waals surface area contributed by atoms with E-state index in [9.17, 15) is 0 Å². The van der Waals surface area contributed by atoms with Crippen molar-refractivity contribution in [2.45, 2.75) is 33.1 Å². The quantitative estimate of drug-likeness (QED) is 0.561. The van der Waals surface area contributed by atoms with E-state index in [1.54, 1.807) is 11.5 Å². The van der Waals surface area contributed by atoms with Gasteiger partial charge in [0.05, 0.1) is 5.69 Å². The molecule has 0 N–H and O–H groups in total. The van der Waals surface area contributed by atoms with Gasteiger partial charge in [-0.3, -0.25) is 0 Å². The van der Waals surface area contributed by atoms with Gasteiger partial charge in [0.1, 0.15) is 0 Å². The smallest absolute Gasteiger partial charge is 0.0624 e. The Balaban J connectivity index is 3.05. The number of hydrogen-bond donors (Lipinski definition) is 0. The molecule has 0 aliphatic carbocycles. The van der Waals surface area contributed by atoms with Crippen LogP contribution in [0.1, 0.15) is 32.0 Å². The Morgan fingerprint density at radius 2 is 2.00 bits per heavy atom. The van der Waals surface area contributed by atoms with E-state index in [-0.39, 0.29) is 5.41 Å². The van der Waals surface area contributed by atoms with Gasteiger partial charge in [-0.2, -0.15) is 4.37 Å². The van der Waals surface area contributed by atoms with Gasteiger partial charge in [-0.15, -0.1) is 0 Å². The fraction of sp³-hybridized carbons (Fsp3) is 0.625. The van der Waals surface area contributed by atoms with Crippen LogP contribution in [0, 0.1) is 6.92 Å². The first kappa shape index (κ1) is 7.73. The normalized spacial score (nSPS) is 12.0. The molecule has 1 heterocycles. The number of nitrogens with zero attached hydrogens (tertiary/aromatic N) is 1. The minimum atomic E-state index is 0.212. The van der Waals surface area contributed by atoms with Crippen LogP contribution in [0.4, 0.5) is 0 Å². The molecule has 0 radical (unpaired) electrons. The Kier molecular flexibility index (Phi) is 1.82. The van der Waals surface area contributed by atoms with Crippen LogP contribution in [0.25, 0.3) is 0 Å². The van der Waals surface area contributed by atoms with Crippen molar-refractivity contribution in [1.82, 2.24) is 4.37 Å². The van der Waals surface area contributed by atoms with E-state index in [4.69, 9.17) is 0 Å². The zero-order valence-corrected chi connectivity index (χ0v) is 7.75. The molecule has 0 spiro atoms. The molecule has 0 amide bonds. The Labute approximate surface area is 66.3 Å². The molecule has 0 bridgehead atoms. The summed E-state index contributed by atoms with van der Waals surface area (Å²) < 4.78 is 4.33. The third kappa shape index (κ3) is 1.37. The Hall–Kier alpha value is -0.370. The summed E-state index contributed by atoms with van der Waals surface area (Å²) in [6.07, 6.45) is 0. The molecule has 2 heteroatoms. The topological polar surface area (TPSA) is 12.9 Å². The predicted octanol–water partition coefficient (Wildman–Crippen LogP) is 2.75. The molecule has 0 aliphatic rings. The van der Waals surface area contributed by atoms with E-state index < -0.39 is 0 Å². The summed E-state index contributed by atoms with van der Waals surface area (Å²) in [4.78, 5) is 0. The summed E-state index contributed by atoms with van der Waals surface area (Å²) in [6.45, 7) is 8.68. The van der Waals surface area contributed by atoms with E-state index in [1.165, 1.54) is 11.3 Å². The Morgan fingerprint density at radius 3 is 2.20 bits per heavy atom. The molecule has 1 aromatic heterocycles. The van der Waals surface area contributed by atoms with Crippen LogP contribution < -0.4 is 0 Å². The van der Waals surface area contributed by atoms with Crippen molar-refractivity contribution in [3.63, 3.8) is 0 Å². The Morgan fingerprint density at radius 1 is 1.40 bits per heavy atom. The van der Waals surface area contributed by atoms with Gasteiger partial charge >= 0.3 is 0 Å². The summed E-state index contributed by atoms with van der Waals surface area (Å²) in [7, 11) is 0. The van der Waals surface area contributed by atoms with E-state index in [2.05, 4.69) is 37.4 Å². The van der Waals surface area contributed by atoms with E-state index in [0.717, 1.165) is 0 Å². The van der Waals surface area contributed by atoms with Crippen LogP contribution >= 0.6 is 11.5 Å². The Bertz CT molecular complexity index is 219. The number of aromatic nitrogens is 1. The van der Waals surface area contributed by atoms with Crippen LogP contribution in [0.3, 0.4) is 0 Å². The van der Waals surface area contributed by atoms with Crippen LogP contribution in [-0.4, -0.2) is 4.37 Å². The van der Waals surface area contributed by atoms with Gasteiger partial charge in [-0.25, -0.2) is 0 Å². The molecule has 1 aromatic rings. The maximum Gasteiger partial charge on any atom is 0.0624 e. The highest BCUT2D eigenvalue weighted by Crippen LogP contribution is 2.24. The minimum Gasteiger partial charge on any atom is -0.197 e. The highest BCUT2D eigenvalue weighted by Gasteiger charge is 2.18. The van der Waals surface area contributed by atoms with Crippen LogP contribution in [0.15, 0.2) is 5.38 Å². The van der Waals surface area contributed by atoms with E-state index in [0.29, 0.717) is 0 Å². The standard InChI is InChI=1S/C8H13NS/c1-6-5-10-9-7(6)8(2,3)4/h5H,1-4H3. The molecule has 0 fully saturated rings. The number of hydrogen-bond acceptors (Lipinski definition) is 2. The summed E-state index contributed by atoms with van der Waals surface area (Å²) in [5.74, 6) is 0. The third-order valence-corrected chi connectivity index (χ3v) is 2.20. The van der Waals surface area contributed by atoms with Gasteiger partial charge in [0.2, 0.25) is 0 Å². The molecule has 56 valence electrons. The van der Waals surface area contributed by atoms with Crippen molar-refractivity contribution in [1.29, 1.82) is 0 Å². The SMILES string of the molecule is Cc1csnc1C(C)(C)C. The average molecular weight is 155 g/mol. The van der Waals surface area contributed by atoms with Gasteiger partial charge in [0.15, 0.2) is 0 Å². The minimum absolute atomic E-state index is 0.212. The fourth-order valence-corrected chi connectivity index (χ4v) is 1.86. The van der Waals surface area contributed by atoms with Crippen molar-refractivity contribution in [3.05, 3.63) is 16.6 Å². The third-order valence-electron chi connectivity index (χ3n) is 1.46. The lowest BCUT2D eigenvalue weighted by molar-refractivity contribution is 0.572. The highest BCUT2D eigenvalue weighted by atomic mass is 32.1. The first-order valence-corrected chi connectivity index (χ1v) is 4.27. The fourth-order valence-electron chi connectivity index (χ4n) is 1.01. The molecule has 1 nitrogen and oxygen atoms in total. The molecule has 0 saturated heterocycles. The maximum atomic E-state index is 4.33. The lowest BCUT2D eigenvalue weighted by Crippen LogP contribution is -2.12. The van der Waals surface area contributed by atoms with Crippen molar-refractivity contribution in [3.8, 4) is 0 Å². The van der Waals surface area contributed by atoms with Crippen molar-refractivity contribution < 1.29 is 0 Å². The van der Waals surface area contributed by atoms with Gasteiger partial charge in [-0.05, 0) is 24.0 Å². The zero-order chi connectivity index (χ0) is 7.78. The molecular formula is C8H13NS. The molecule has 0 aromatic carbocycles. The van der Waals surface area contributed by atoms with Gasteiger partial charge in [-0.1, -0.05) is 20.8 Å². The van der Waals surface area contributed by atoms with Crippen molar-refractivity contribution in [2.24, 2.45) is 0 Å². The molecule has 0 unspecified atom stereocenters. The second-order valence-electron chi connectivity index (χ2n) is 3.60. The first-order chi connectivity index (χ1) is 4.52. The largest absolute Gasteiger partial charge is 0.197 e. The number of rotatable bonds is 0. The average Bonchev–Trinajstić information content (AvgIpc) is 2.11. The second kappa shape index (κ2) is 2.35. The van der Waals surface area contributed by atoms with E-state index in [1.807, 2.05) is 0 Å². The predicted molar refractivity (Wildman–Crippen MR) is 45.6 cm³/mol. The monoisotopic (exact) mass is 155 g/mol. The van der Waals surface area contributed by atoms with Gasteiger partial charge in [0, 0.05) is 10.8 Å². The number of aryl methyl sites for hydroxylation is 1. The van der Waals surface area contributed by atoms with Gasteiger partial charge < -0.3 is 0 Å². The molecule has 0 saturated carbocycles. The lowest BCUT2D eigenvalue weighted by atomic mass is 9.90. The van der Waals surface area contributed by atoms with Crippen molar-refractivity contribution in [2.75, 3.05) is 0 Å². The molecular weight excluding hydrogens is 142 g/mol. The highest BCUT2D eigenvalue weighted by molar-refractivity contribution is 7.03. The molecule has 10 heavy (non-hydrogen) atoms. The van der Waals surface area contributed by atoms with Crippen LogP contribution in [0.2, 0.25) is 0 Å². The lowest BCUT2D eigenvalue weighted by Gasteiger charge is -2.15. The maximum absolute atomic E-state index is 4.33. The first-order valence-electron chi connectivity index (χ1n) is 3.43. The molecule has 0 aliphatic heterocycles. The second-order valence-corrected chi connectivity index (χ2v) is 4.23. The zero-order valence-electron chi connectivity index (χ0n) is 6.93. The van der Waals surface area contributed by atoms with Crippen LogP contribution in [-0.2, 0) is 5.41 Å². The van der Waals surface area contributed by atoms with Gasteiger partial charge in [0.25, 0.3) is 0 Å². The molecule has 1 rings (SSSR count). The summed E-state index contributed by atoms with van der Waals surface area (Å²) in [6, 6.07) is 0.